The number of ether oxygens (including phenoxy) is 1. The number of phosphoric acid groups is 1. The monoisotopic (exact) mass is 275 g/mol. The van der Waals surface area contributed by atoms with Gasteiger partial charge in [-0.25, -0.2) is 4.57 Å². The van der Waals surface area contributed by atoms with Gasteiger partial charge in [0.05, 0.1) is 7.11 Å². The zero-order valence-electron chi connectivity index (χ0n) is 9.65. The topological polar surface area (TPSA) is 119 Å². The van der Waals surface area contributed by atoms with Crippen molar-refractivity contribution < 1.29 is 28.4 Å². The summed E-state index contributed by atoms with van der Waals surface area (Å²) < 4.78 is 19.4. The molecule has 0 saturated carbocycles. The number of rotatable bonds is 5. The maximum Gasteiger partial charge on any atom is 0.524 e. The average molecular weight is 275 g/mol. The minimum atomic E-state index is -4.55. The predicted octanol–water partition coefficient (Wildman–Crippen LogP) is 0.201. The van der Waals surface area contributed by atoms with Crippen molar-refractivity contribution in [2.45, 2.75) is 12.5 Å². The van der Waals surface area contributed by atoms with Crippen molar-refractivity contribution in [2.75, 3.05) is 7.11 Å². The molecule has 0 bridgehead atoms. The molecule has 0 saturated heterocycles. The van der Waals surface area contributed by atoms with Gasteiger partial charge in [0, 0.05) is 0 Å². The largest absolute Gasteiger partial charge is 0.524 e. The number of hydrogen-bond donors (Lipinski definition) is 3. The van der Waals surface area contributed by atoms with Crippen LogP contribution in [0.1, 0.15) is 5.56 Å². The minimum absolute atomic E-state index is 0.0405. The molecule has 100 valence electrons. The average Bonchev–Trinajstić information content (AvgIpc) is 2.28. The van der Waals surface area contributed by atoms with E-state index < -0.39 is 19.8 Å². The van der Waals surface area contributed by atoms with Gasteiger partial charge in [0.25, 0.3) is 0 Å². The zero-order chi connectivity index (χ0) is 13.8. The predicted molar refractivity (Wildman–Crippen MR) is 62.8 cm³/mol. The van der Waals surface area contributed by atoms with Crippen molar-refractivity contribution in [3.05, 3.63) is 29.8 Å². The van der Waals surface area contributed by atoms with E-state index in [9.17, 15) is 9.36 Å². The summed E-state index contributed by atoms with van der Waals surface area (Å²) in [4.78, 5) is 28.3. The highest BCUT2D eigenvalue weighted by Gasteiger charge is 2.17. The van der Waals surface area contributed by atoms with Crippen LogP contribution < -0.4 is 10.3 Å². The molecule has 0 spiro atoms. The molecule has 0 unspecified atom stereocenters. The fraction of sp³-hybridized carbons (Fsp3) is 0.300. The van der Waals surface area contributed by atoms with E-state index in [4.69, 9.17) is 15.5 Å². The van der Waals surface area contributed by atoms with Gasteiger partial charge in [-0.3, -0.25) is 14.6 Å². The van der Waals surface area contributed by atoms with E-state index in [1.807, 2.05) is 0 Å². The lowest BCUT2D eigenvalue weighted by Gasteiger charge is -2.10. The molecule has 1 atom stereocenters. The second-order valence-corrected chi connectivity index (χ2v) is 4.72. The molecule has 1 rings (SSSR count). The third-order valence-electron chi connectivity index (χ3n) is 2.11. The molecule has 1 aromatic rings. The molecule has 0 radical (unpaired) electrons. The first-order valence-electron chi connectivity index (χ1n) is 4.99. The van der Waals surface area contributed by atoms with Crippen molar-refractivity contribution in [1.82, 2.24) is 0 Å². The van der Waals surface area contributed by atoms with Gasteiger partial charge in [-0.2, -0.15) is 0 Å². The Bertz CT molecular complexity index is 454. The van der Waals surface area contributed by atoms with Crippen LogP contribution in [0, 0.1) is 0 Å². The van der Waals surface area contributed by atoms with Gasteiger partial charge < -0.3 is 15.0 Å². The molecule has 18 heavy (non-hydrogen) atoms. The van der Waals surface area contributed by atoms with Gasteiger partial charge in [-0.15, -0.1) is 0 Å². The highest BCUT2D eigenvalue weighted by molar-refractivity contribution is 7.46. The second-order valence-electron chi connectivity index (χ2n) is 3.56. The molecule has 0 aliphatic rings. The highest BCUT2D eigenvalue weighted by Crippen LogP contribution is 2.37. The molecule has 0 aliphatic carbocycles. The number of methoxy groups -OCH3 is 1. The van der Waals surface area contributed by atoms with Crippen LogP contribution in [0.5, 0.6) is 5.75 Å². The number of hydrogen-bond acceptors (Lipinski definition) is 5. The maximum absolute atomic E-state index is 11.1. The van der Waals surface area contributed by atoms with Crippen LogP contribution in [-0.4, -0.2) is 28.9 Å². The first-order chi connectivity index (χ1) is 8.31. The standard InChI is InChI=1S/C10H14NO6P/c1-16-10(12)9(11)6-7-2-4-8(5-3-7)17-18(13,14)15/h2-5,9H,6,11H2,1H3,(H2,13,14,15)/t9-/m0/s1. The fourth-order valence-electron chi connectivity index (χ4n) is 1.31. The van der Waals surface area contributed by atoms with Crippen molar-refractivity contribution >= 4 is 13.8 Å². The Morgan fingerprint density at radius 1 is 1.39 bits per heavy atom. The SMILES string of the molecule is COC(=O)[C@@H](N)Cc1ccc(OP(=O)(O)O)cc1. The molecular weight excluding hydrogens is 261 g/mol. The first kappa shape index (κ1) is 14.7. The summed E-state index contributed by atoms with van der Waals surface area (Å²) in [6.45, 7) is 0. The van der Waals surface area contributed by atoms with E-state index >= 15 is 0 Å². The van der Waals surface area contributed by atoms with Crippen molar-refractivity contribution in [3.8, 4) is 5.75 Å². The molecule has 1 aromatic carbocycles. The van der Waals surface area contributed by atoms with Crippen LogP contribution in [-0.2, 0) is 20.5 Å². The van der Waals surface area contributed by atoms with E-state index in [2.05, 4.69) is 9.26 Å². The van der Waals surface area contributed by atoms with E-state index in [1.54, 1.807) is 12.1 Å². The molecule has 0 fully saturated rings. The van der Waals surface area contributed by atoms with Crippen molar-refractivity contribution in [3.63, 3.8) is 0 Å². The van der Waals surface area contributed by atoms with Crippen LogP contribution >= 0.6 is 7.82 Å². The summed E-state index contributed by atoms with van der Waals surface area (Å²) in [5.41, 5.74) is 6.30. The molecule has 4 N–H and O–H groups in total. The molecule has 0 heterocycles. The summed E-state index contributed by atoms with van der Waals surface area (Å²) in [7, 11) is -3.30. The van der Waals surface area contributed by atoms with Crippen molar-refractivity contribution in [2.24, 2.45) is 5.73 Å². The van der Waals surface area contributed by atoms with Crippen LogP contribution in [0.4, 0.5) is 0 Å². The molecular formula is C10H14NO6P. The zero-order valence-corrected chi connectivity index (χ0v) is 10.5. The number of esters is 1. The highest BCUT2D eigenvalue weighted by atomic mass is 31.2. The van der Waals surface area contributed by atoms with Gasteiger partial charge in [0.1, 0.15) is 11.8 Å². The minimum Gasteiger partial charge on any atom is -0.468 e. The molecule has 7 nitrogen and oxygen atoms in total. The summed E-state index contributed by atoms with van der Waals surface area (Å²) in [6, 6.07) is 5.13. The first-order valence-corrected chi connectivity index (χ1v) is 6.52. The van der Waals surface area contributed by atoms with Gasteiger partial charge in [-0.1, -0.05) is 12.1 Å². The lowest BCUT2D eigenvalue weighted by Crippen LogP contribution is -2.33. The Kier molecular flexibility index (Phi) is 4.86. The summed E-state index contributed by atoms with van der Waals surface area (Å²) >= 11 is 0. The smallest absolute Gasteiger partial charge is 0.468 e. The summed E-state index contributed by atoms with van der Waals surface area (Å²) in [5.74, 6) is -0.482. The molecule has 8 heteroatoms. The van der Waals surface area contributed by atoms with Gasteiger partial charge in [0.15, 0.2) is 0 Å². The second kappa shape index (κ2) is 5.97. The quantitative estimate of drug-likeness (QED) is 0.518. The fourth-order valence-corrected chi connectivity index (χ4v) is 1.71. The Morgan fingerprint density at radius 3 is 2.39 bits per heavy atom. The van der Waals surface area contributed by atoms with Crippen LogP contribution in [0.3, 0.4) is 0 Å². The summed E-state index contributed by atoms with van der Waals surface area (Å²) in [5, 5.41) is 0. The number of phosphoric ester groups is 1. The van der Waals surface area contributed by atoms with Crippen LogP contribution in [0.25, 0.3) is 0 Å². The lowest BCUT2D eigenvalue weighted by molar-refractivity contribution is -0.142. The van der Waals surface area contributed by atoms with E-state index in [0.717, 1.165) is 5.56 Å². The normalized spacial score (nSPS) is 12.9. The Morgan fingerprint density at radius 2 is 1.94 bits per heavy atom. The van der Waals surface area contributed by atoms with Gasteiger partial charge in [-0.05, 0) is 24.1 Å². The van der Waals surface area contributed by atoms with Gasteiger partial charge in [0.2, 0.25) is 0 Å². The van der Waals surface area contributed by atoms with E-state index in [-0.39, 0.29) is 12.2 Å². The van der Waals surface area contributed by atoms with E-state index in [0.29, 0.717) is 0 Å². The Hall–Kier alpha value is -1.40. The molecule has 0 aromatic heterocycles. The maximum atomic E-state index is 11.1. The molecule has 0 aliphatic heterocycles. The lowest BCUT2D eigenvalue weighted by atomic mass is 10.1. The Labute approximate surface area is 104 Å². The number of carbonyl (C=O) groups excluding carboxylic acids is 1. The Balaban J connectivity index is 2.66. The van der Waals surface area contributed by atoms with Gasteiger partial charge >= 0.3 is 13.8 Å². The third kappa shape index (κ3) is 4.85. The number of carbonyl (C=O) groups is 1. The molecule has 0 amide bonds. The third-order valence-corrected chi connectivity index (χ3v) is 2.56. The number of benzene rings is 1. The van der Waals surface area contributed by atoms with Crippen LogP contribution in [0.15, 0.2) is 24.3 Å². The van der Waals surface area contributed by atoms with E-state index in [1.165, 1.54) is 19.2 Å². The summed E-state index contributed by atoms with van der Waals surface area (Å²) in [6.07, 6.45) is 0.267. The number of nitrogens with two attached hydrogens (primary N) is 1. The van der Waals surface area contributed by atoms with Crippen LogP contribution in [0.2, 0.25) is 0 Å². The van der Waals surface area contributed by atoms with Crippen molar-refractivity contribution in [1.29, 1.82) is 0 Å².